The molecule has 0 saturated carbocycles. The zero-order valence-electron chi connectivity index (χ0n) is 10.9. The quantitative estimate of drug-likeness (QED) is 0.668. The summed E-state index contributed by atoms with van der Waals surface area (Å²) >= 11 is 2.95. The van der Waals surface area contributed by atoms with Crippen LogP contribution in [0.5, 0.6) is 0 Å². The van der Waals surface area contributed by atoms with Crippen LogP contribution < -0.4 is 5.32 Å². The maximum absolute atomic E-state index is 13.5. The van der Waals surface area contributed by atoms with Crippen molar-refractivity contribution in [3.05, 3.63) is 32.5 Å². The van der Waals surface area contributed by atoms with E-state index in [0.29, 0.717) is 13.2 Å². The number of ether oxygens (including phenoxy) is 1. The van der Waals surface area contributed by atoms with Gasteiger partial charge in [0.15, 0.2) is 0 Å². The van der Waals surface area contributed by atoms with Gasteiger partial charge in [-0.05, 0) is 23.0 Å². The van der Waals surface area contributed by atoms with Crippen LogP contribution >= 0.6 is 15.9 Å². The number of nitro groups is 1. The molecule has 1 fully saturated rings. The lowest BCUT2D eigenvalue weighted by atomic mass is 10.2. The first-order valence-corrected chi connectivity index (χ1v) is 6.94. The summed E-state index contributed by atoms with van der Waals surface area (Å²) in [5.41, 5.74) is -0.00466. The SMILES string of the molecule is CN1CCOC(CNc2cc(F)c(Br)cc2[N+](=O)[O-])C1. The highest BCUT2D eigenvalue weighted by Crippen LogP contribution is 2.30. The highest BCUT2D eigenvalue weighted by Gasteiger charge is 2.21. The van der Waals surface area contributed by atoms with Crippen LogP contribution in [-0.4, -0.2) is 49.2 Å². The molecule has 1 atom stereocenters. The molecule has 1 aliphatic rings. The van der Waals surface area contributed by atoms with Gasteiger partial charge >= 0.3 is 0 Å². The van der Waals surface area contributed by atoms with Crippen molar-refractivity contribution in [3.63, 3.8) is 0 Å². The molecule has 1 saturated heterocycles. The molecule has 0 amide bonds. The van der Waals surface area contributed by atoms with E-state index >= 15 is 0 Å². The molecule has 2 rings (SSSR count). The molecule has 1 aromatic carbocycles. The van der Waals surface area contributed by atoms with Gasteiger partial charge in [0.2, 0.25) is 0 Å². The number of nitrogens with one attached hydrogen (secondary N) is 1. The summed E-state index contributed by atoms with van der Waals surface area (Å²) < 4.78 is 19.1. The smallest absolute Gasteiger partial charge is 0.293 e. The van der Waals surface area contributed by atoms with E-state index in [1.54, 1.807) is 0 Å². The predicted octanol–water partition coefficient (Wildman–Crippen LogP) is 2.24. The molecule has 1 aromatic rings. The first-order valence-electron chi connectivity index (χ1n) is 6.15. The Morgan fingerprint density at radius 1 is 1.65 bits per heavy atom. The molecule has 0 bridgehead atoms. The molecule has 1 unspecified atom stereocenters. The zero-order chi connectivity index (χ0) is 14.7. The van der Waals surface area contributed by atoms with Crippen molar-refractivity contribution in [2.75, 3.05) is 38.6 Å². The number of anilines is 1. The first kappa shape index (κ1) is 15.1. The number of rotatable bonds is 4. The second-order valence-electron chi connectivity index (χ2n) is 4.68. The van der Waals surface area contributed by atoms with Gasteiger partial charge in [0.25, 0.3) is 5.69 Å². The lowest BCUT2D eigenvalue weighted by Crippen LogP contribution is -2.43. The number of halogens is 2. The van der Waals surface area contributed by atoms with Crippen LogP contribution in [0.1, 0.15) is 0 Å². The van der Waals surface area contributed by atoms with Gasteiger partial charge in [-0.15, -0.1) is 0 Å². The number of nitro benzene ring substituents is 1. The average Bonchev–Trinajstić information content (AvgIpc) is 2.39. The monoisotopic (exact) mass is 347 g/mol. The average molecular weight is 348 g/mol. The molecule has 1 N–H and O–H groups in total. The topological polar surface area (TPSA) is 67.6 Å². The maximum atomic E-state index is 13.5. The number of hydrogen-bond donors (Lipinski definition) is 1. The van der Waals surface area contributed by atoms with Crippen LogP contribution in [0.3, 0.4) is 0 Å². The summed E-state index contributed by atoms with van der Waals surface area (Å²) in [5, 5.41) is 13.9. The van der Waals surface area contributed by atoms with E-state index in [0.717, 1.165) is 25.2 Å². The third-order valence-electron chi connectivity index (χ3n) is 3.10. The minimum atomic E-state index is -0.542. The summed E-state index contributed by atoms with van der Waals surface area (Å²) in [6, 6.07) is 2.28. The highest BCUT2D eigenvalue weighted by atomic mass is 79.9. The van der Waals surface area contributed by atoms with E-state index in [4.69, 9.17) is 4.74 Å². The Labute approximate surface area is 124 Å². The van der Waals surface area contributed by atoms with Crippen molar-refractivity contribution in [1.82, 2.24) is 4.90 Å². The number of benzene rings is 1. The number of hydrogen-bond acceptors (Lipinski definition) is 5. The van der Waals surface area contributed by atoms with E-state index in [1.165, 1.54) is 0 Å². The molecule has 20 heavy (non-hydrogen) atoms. The molecule has 0 aromatic heterocycles. The Kier molecular flexibility index (Phi) is 4.90. The largest absolute Gasteiger partial charge is 0.377 e. The molecule has 1 heterocycles. The van der Waals surface area contributed by atoms with Crippen LogP contribution in [0.4, 0.5) is 15.8 Å². The lowest BCUT2D eigenvalue weighted by Gasteiger charge is -2.30. The number of morpholine rings is 1. The lowest BCUT2D eigenvalue weighted by molar-refractivity contribution is -0.384. The van der Waals surface area contributed by atoms with Crippen LogP contribution in [0.2, 0.25) is 0 Å². The Hall–Kier alpha value is -1.25. The summed E-state index contributed by atoms with van der Waals surface area (Å²) in [7, 11) is 1.98. The molecule has 0 spiro atoms. The van der Waals surface area contributed by atoms with Crippen LogP contribution in [0.25, 0.3) is 0 Å². The van der Waals surface area contributed by atoms with Crippen molar-refractivity contribution in [2.45, 2.75) is 6.10 Å². The fourth-order valence-corrected chi connectivity index (χ4v) is 2.37. The maximum Gasteiger partial charge on any atom is 0.293 e. The fraction of sp³-hybridized carbons (Fsp3) is 0.500. The second kappa shape index (κ2) is 6.47. The second-order valence-corrected chi connectivity index (χ2v) is 5.53. The van der Waals surface area contributed by atoms with Gasteiger partial charge in [0, 0.05) is 31.8 Å². The molecule has 8 heteroatoms. The third-order valence-corrected chi connectivity index (χ3v) is 3.71. The third kappa shape index (κ3) is 3.65. The molecule has 0 aliphatic carbocycles. The van der Waals surface area contributed by atoms with E-state index in [9.17, 15) is 14.5 Å². The number of likely N-dealkylation sites (N-methyl/N-ethyl adjacent to an activating group) is 1. The molecular weight excluding hydrogens is 333 g/mol. The molecular formula is C12H15BrFN3O3. The van der Waals surface area contributed by atoms with E-state index in [1.807, 2.05) is 7.05 Å². The minimum absolute atomic E-state index is 0.0694. The first-order chi connectivity index (χ1) is 9.47. The normalized spacial score (nSPS) is 19.9. The Bertz CT molecular complexity index is 515. The van der Waals surface area contributed by atoms with Crippen molar-refractivity contribution in [2.24, 2.45) is 0 Å². The van der Waals surface area contributed by atoms with E-state index < -0.39 is 10.7 Å². The summed E-state index contributed by atoms with van der Waals surface area (Å²) in [4.78, 5) is 12.5. The molecule has 0 radical (unpaired) electrons. The summed E-state index contributed by atoms with van der Waals surface area (Å²) in [6.07, 6.45) is -0.0694. The zero-order valence-corrected chi connectivity index (χ0v) is 12.5. The summed E-state index contributed by atoms with van der Waals surface area (Å²) in [5.74, 6) is -0.542. The predicted molar refractivity (Wildman–Crippen MR) is 76.5 cm³/mol. The molecule has 1 aliphatic heterocycles. The fourth-order valence-electron chi connectivity index (χ4n) is 2.04. The van der Waals surface area contributed by atoms with Gasteiger partial charge in [0.1, 0.15) is 11.5 Å². The van der Waals surface area contributed by atoms with Crippen molar-refractivity contribution >= 4 is 27.3 Å². The van der Waals surface area contributed by atoms with Crippen molar-refractivity contribution in [3.8, 4) is 0 Å². The summed E-state index contributed by atoms with van der Waals surface area (Å²) in [6.45, 7) is 2.62. The van der Waals surface area contributed by atoms with E-state index in [2.05, 4.69) is 26.1 Å². The Balaban J connectivity index is 2.08. The molecule has 6 nitrogen and oxygen atoms in total. The van der Waals surface area contributed by atoms with Gasteiger partial charge in [0.05, 0.1) is 22.1 Å². The van der Waals surface area contributed by atoms with Gasteiger partial charge in [-0.2, -0.15) is 0 Å². The van der Waals surface area contributed by atoms with Crippen LogP contribution in [0.15, 0.2) is 16.6 Å². The highest BCUT2D eigenvalue weighted by molar-refractivity contribution is 9.10. The standard InChI is InChI=1S/C12H15BrFN3O3/c1-16-2-3-20-8(7-16)6-15-11-5-10(14)9(13)4-12(11)17(18)19/h4-5,8,15H,2-3,6-7H2,1H3. The van der Waals surface area contributed by atoms with Crippen LogP contribution in [0, 0.1) is 15.9 Å². The number of nitrogens with zero attached hydrogens (tertiary/aromatic N) is 2. The van der Waals surface area contributed by atoms with Crippen molar-refractivity contribution < 1.29 is 14.1 Å². The van der Waals surface area contributed by atoms with Gasteiger partial charge in [-0.25, -0.2) is 4.39 Å². The van der Waals surface area contributed by atoms with Crippen LogP contribution in [-0.2, 0) is 4.74 Å². The van der Waals surface area contributed by atoms with E-state index in [-0.39, 0.29) is 22.0 Å². The Morgan fingerprint density at radius 2 is 2.40 bits per heavy atom. The van der Waals surface area contributed by atoms with Gasteiger partial charge in [-0.1, -0.05) is 0 Å². The van der Waals surface area contributed by atoms with Gasteiger partial charge in [-0.3, -0.25) is 10.1 Å². The molecule has 110 valence electrons. The van der Waals surface area contributed by atoms with Crippen molar-refractivity contribution in [1.29, 1.82) is 0 Å². The minimum Gasteiger partial charge on any atom is -0.377 e. The van der Waals surface area contributed by atoms with Gasteiger partial charge < -0.3 is 15.0 Å². The Morgan fingerprint density at radius 3 is 3.05 bits per heavy atom.